The molecule has 0 fully saturated rings. The highest BCUT2D eigenvalue weighted by Gasteiger charge is 2.29. The maximum atomic E-state index is 12.3. The lowest BCUT2D eigenvalue weighted by atomic mass is 10.2. The van der Waals surface area contributed by atoms with Gasteiger partial charge in [-0.05, 0) is 0 Å². The summed E-state index contributed by atoms with van der Waals surface area (Å²) in [7, 11) is 0. The molecule has 1 atom stereocenters. The van der Waals surface area contributed by atoms with Crippen molar-refractivity contribution >= 4 is 28.7 Å². The number of carboxylic acid groups (broad SMARTS) is 1. The van der Waals surface area contributed by atoms with Crippen LogP contribution in [0, 0.1) is 0 Å². The van der Waals surface area contributed by atoms with E-state index < -0.39 is 12.0 Å². The average Bonchev–Trinajstić information content (AvgIpc) is 2.96. The minimum atomic E-state index is -1.04. The summed E-state index contributed by atoms with van der Waals surface area (Å²) in [5, 5.41) is 9.69. The number of carboxylic acids is 1. The number of hydrogen-bond acceptors (Lipinski definition) is 4. The van der Waals surface area contributed by atoms with Crippen LogP contribution in [0.25, 0.3) is 0 Å². The van der Waals surface area contributed by atoms with Gasteiger partial charge in [0.25, 0.3) is 0 Å². The van der Waals surface area contributed by atoms with Gasteiger partial charge < -0.3 is 10.0 Å². The molecule has 1 unspecified atom stereocenters. The third kappa shape index (κ3) is 3.95. The van der Waals surface area contributed by atoms with Gasteiger partial charge in [-0.2, -0.15) is 0 Å². The van der Waals surface area contributed by atoms with Gasteiger partial charge in [-0.25, -0.2) is 0 Å². The second-order valence-corrected chi connectivity index (χ2v) is 5.54. The minimum Gasteiger partial charge on any atom is -0.480 e. The zero-order valence-corrected chi connectivity index (χ0v) is 12.3. The second kappa shape index (κ2) is 7.08. The van der Waals surface area contributed by atoms with Crippen LogP contribution in [0.1, 0.15) is 5.56 Å². The van der Waals surface area contributed by atoms with Crippen LogP contribution >= 0.6 is 11.8 Å². The summed E-state index contributed by atoms with van der Waals surface area (Å²) in [4.78, 5) is 28.9. The Hall–Kier alpha value is -2.08. The maximum absolute atomic E-state index is 12.3. The molecule has 1 heterocycles. The fourth-order valence-corrected chi connectivity index (χ4v) is 3.04. The van der Waals surface area contributed by atoms with Crippen LogP contribution < -0.4 is 0 Å². The summed E-state index contributed by atoms with van der Waals surface area (Å²) in [5.74, 6) is -0.769. The van der Waals surface area contributed by atoms with E-state index in [1.165, 1.54) is 22.7 Å². The molecule has 1 aliphatic heterocycles. The summed E-state index contributed by atoms with van der Waals surface area (Å²) >= 11 is 1.52. The van der Waals surface area contributed by atoms with Crippen LogP contribution in [0.4, 0.5) is 0 Å². The van der Waals surface area contributed by atoms with Crippen molar-refractivity contribution in [1.82, 2.24) is 4.90 Å². The molecular formula is C15H16N2O3S. The topological polar surface area (TPSA) is 70.0 Å². The van der Waals surface area contributed by atoms with E-state index in [9.17, 15) is 9.59 Å². The fraction of sp³-hybridized carbons (Fsp3) is 0.267. The highest BCUT2D eigenvalue weighted by atomic mass is 32.2. The van der Waals surface area contributed by atoms with Gasteiger partial charge in [0.1, 0.15) is 12.6 Å². The highest BCUT2D eigenvalue weighted by Crippen LogP contribution is 2.24. The minimum absolute atomic E-state index is 0.211. The third-order valence-electron chi connectivity index (χ3n) is 2.94. The first kappa shape index (κ1) is 15.3. The lowest BCUT2D eigenvalue weighted by molar-refractivity contribution is -0.144. The van der Waals surface area contributed by atoms with E-state index >= 15 is 0 Å². The molecule has 1 aromatic carbocycles. The molecule has 0 bridgehead atoms. The molecule has 110 valence electrons. The number of amides is 1. The van der Waals surface area contributed by atoms with E-state index in [2.05, 4.69) is 11.6 Å². The lowest BCUT2D eigenvalue weighted by Crippen LogP contribution is -2.41. The smallest absolute Gasteiger partial charge is 0.323 e. The van der Waals surface area contributed by atoms with Crippen LogP contribution in [0.3, 0.4) is 0 Å². The number of rotatable bonds is 6. The van der Waals surface area contributed by atoms with E-state index in [0.717, 1.165) is 10.6 Å². The van der Waals surface area contributed by atoms with Crippen molar-refractivity contribution < 1.29 is 14.7 Å². The van der Waals surface area contributed by atoms with Gasteiger partial charge in [0.2, 0.25) is 5.91 Å². The number of benzene rings is 1. The second-order valence-electron chi connectivity index (χ2n) is 4.53. The van der Waals surface area contributed by atoms with Crippen molar-refractivity contribution in [2.45, 2.75) is 6.04 Å². The van der Waals surface area contributed by atoms with E-state index in [1.54, 1.807) is 0 Å². The standard InChI is InChI=1S/C15H16N2O3S/c1-2-8-17(9-13(18)19)15(20)12-10-21-14(16-12)11-6-4-3-5-7-11/h2-7,12H,1,8-10H2,(H,18,19). The molecule has 21 heavy (non-hydrogen) atoms. The molecule has 0 radical (unpaired) electrons. The summed E-state index contributed by atoms with van der Waals surface area (Å²) in [5.41, 5.74) is 0.978. The van der Waals surface area contributed by atoms with Crippen LogP contribution in [-0.4, -0.2) is 51.8 Å². The Labute approximate surface area is 127 Å². The Morgan fingerprint density at radius 2 is 2.14 bits per heavy atom. The number of nitrogens with zero attached hydrogens (tertiary/aromatic N) is 2. The number of carbonyl (C=O) groups excluding carboxylic acids is 1. The zero-order chi connectivity index (χ0) is 15.2. The van der Waals surface area contributed by atoms with Crippen molar-refractivity contribution in [1.29, 1.82) is 0 Å². The molecule has 5 nitrogen and oxygen atoms in total. The monoisotopic (exact) mass is 304 g/mol. The molecule has 6 heteroatoms. The molecule has 0 saturated heterocycles. The predicted octanol–water partition coefficient (Wildman–Crippen LogP) is 1.65. The molecule has 0 aromatic heterocycles. The Morgan fingerprint density at radius 3 is 2.76 bits per heavy atom. The number of thioether (sulfide) groups is 1. The fourth-order valence-electron chi connectivity index (χ4n) is 2.00. The Balaban J connectivity index is 2.11. The van der Waals surface area contributed by atoms with Crippen molar-refractivity contribution in [2.75, 3.05) is 18.8 Å². The SMILES string of the molecule is C=CCN(CC(=O)O)C(=O)C1CSC(c2ccccc2)=N1. The number of aliphatic imine (C=N–C) groups is 1. The van der Waals surface area contributed by atoms with Crippen molar-refractivity contribution in [2.24, 2.45) is 4.99 Å². The summed E-state index contributed by atoms with van der Waals surface area (Å²) in [6.07, 6.45) is 1.52. The van der Waals surface area contributed by atoms with Gasteiger partial charge in [0.05, 0.1) is 5.04 Å². The Morgan fingerprint density at radius 1 is 1.43 bits per heavy atom. The van der Waals surface area contributed by atoms with Crippen LogP contribution in [0.2, 0.25) is 0 Å². The van der Waals surface area contributed by atoms with Gasteiger partial charge in [0, 0.05) is 17.9 Å². The molecule has 0 spiro atoms. The van der Waals surface area contributed by atoms with Gasteiger partial charge in [0.15, 0.2) is 0 Å². The first-order valence-corrected chi connectivity index (χ1v) is 7.48. The first-order chi connectivity index (χ1) is 10.1. The number of hydrogen-bond donors (Lipinski definition) is 1. The van der Waals surface area contributed by atoms with Crippen molar-refractivity contribution in [3.8, 4) is 0 Å². The summed E-state index contributed by atoms with van der Waals surface area (Å²) in [6.45, 7) is 3.43. The van der Waals surface area contributed by atoms with Crippen molar-refractivity contribution in [3.05, 3.63) is 48.6 Å². The highest BCUT2D eigenvalue weighted by molar-refractivity contribution is 8.14. The maximum Gasteiger partial charge on any atom is 0.323 e. The first-order valence-electron chi connectivity index (χ1n) is 6.49. The average molecular weight is 304 g/mol. The van der Waals surface area contributed by atoms with E-state index in [1.807, 2.05) is 30.3 Å². The molecule has 2 rings (SSSR count). The third-order valence-corrected chi connectivity index (χ3v) is 4.04. The predicted molar refractivity (Wildman–Crippen MR) is 83.6 cm³/mol. The normalized spacial score (nSPS) is 17.1. The van der Waals surface area contributed by atoms with Crippen LogP contribution in [0.5, 0.6) is 0 Å². The largest absolute Gasteiger partial charge is 0.480 e. The van der Waals surface area contributed by atoms with Gasteiger partial charge >= 0.3 is 5.97 Å². The molecule has 1 aliphatic rings. The van der Waals surface area contributed by atoms with E-state index in [-0.39, 0.29) is 19.0 Å². The van der Waals surface area contributed by atoms with Gasteiger partial charge in [-0.1, -0.05) is 36.4 Å². The van der Waals surface area contributed by atoms with E-state index in [4.69, 9.17) is 5.11 Å². The van der Waals surface area contributed by atoms with Gasteiger partial charge in [-0.15, -0.1) is 18.3 Å². The summed E-state index contributed by atoms with van der Waals surface area (Å²) < 4.78 is 0. The van der Waals surface area contributed by atoms with Crippen molar-refractivity contribution in [3.63, 3.8) is 0 Å². The molecule has 1 amide bonds. The molecule has 1 N–H and O–H groups in total. The van der Waals surface area contributed by atoms with Crippen LogP contribution in [-0.2, 0) is 9.59 Å². The zero-order valence-electron chi connectivity index (χ0n) is 11.4. The quantitative estimate of drug-likeness (QED) is 0.811. The molecule has 0 saturated carbocycles. The molecule has 1 aromatic rings. The molecular weight excluding hydrogens is 288 g/mol. The Kier molecular flexibility index (Phi) is 5.16. The molecule has 0 aliphatic carbocycles. The van der Waals surface area contributed by atoms with E-state index in [0.29, 0.717) is 5.75 Å². The number of aliphatic carboxylic acids is 1. The number of carbonyl (C=O) groups is 2. The summed E-state index contributed by atoms with van der Waals surface area (Å²) in [6, 6.07) is 9.12. The van der Waals surface area contributed by atoms with Crippen LogP contribution in [0.15, 0.2) is 48.0 Å². The lowest BCUT2D eigenvalue weighted by Gasteiger charge is -2.20. The Bertz CT molecular complexity index is 572. The van der Waals surface area contributed by atoms with Gasteiger partial charge in [-0.3, -0.25) is 14.6 Å².